The predicted octanol–water partition coefficient (Wildman–Crippen LogP) is 4.32. The summed E-state index contributed by atoms with van der Waals surface area (Å²) in [5.74, 6) is 0. The maximum Gasteiger partial charge on any atom is 0.142 e. The van der Waals surface area contributed by atoms with Gasteiger partial charge in [0.25, 0.3) is 0 Å². The SMILES string of the molecule is Brc1ccc2c(c1)CC/C2=N\OCc1ccccc1. The van der Waals surface area contributed by atoms with Crippen molar-refractivity contribution in [2.24, 2.45) is 5.16 Å². The van der Waals surface area contributed by atoms with Crippen LogP contribution in [0.15, 0.2) is 58.2 Å². The topological polar surface area (TPSA) is 21.6 Å². The molecule has 0 saturated heterocycles. The van der Waals surface area contributed by atoms with Gasteiger partial charge in [0.05, 0.1) is 5.71 Å². The molecule has 0 bridgehead atoms. The molecule has 1 aliphatic rings. The molecular formula is C16H14BrNO. The molecular weight excluding hydrogens is 302 g/mol. The van der Waals surface area contributed by atoms with Crippen molar-refractivity contribution in [3.63, 3.8) is 0 Å². The van der Waals surface area contributed by atoms with Crippen LogP contribution in [-0.4, -0.2) is 5.71 Å². The van der Waals surface area contributed by atoms with Gasteiger partial charge >= 0.3 is 0 Å². The van der Waals surface area contributed by atoms with Crippen LogP contribution in [0.4, 0.5) is 0 Å². The molecule has 96 valence electrons. The first-order valence-electron chi connectivity index (χ1n) is 6.34. The molecule has 1 aliphatic carbocycles. The van der Waals surface area contributed by atoms with Crippen molar-refractivity contribution in [2.75, 3.05) is 0 Å². The van der Waals surface area contributed by atoms with Crippen LogP contribution in [0.1, 0.15) is 23.1 Å². The standard InChI is InChI=1S/C16H14BrNO/c17-14-7-8-15-13(10-14)6-9-16(15)18-19-11-12-4-2-1-3-5-12/h1-5,7-8,10H,6,9,11H2/b18-16+. The van der Waals surface area contributed by atoms with Crippen molar-refractivity contribution >= 4 is 21.6 Å². The third-order valence-corrected chi connectivity index (χ3v) is 3.75. The average molecular weight is 316 g/mol. The van der Waals surface area contributed by atoms with E-state index >= 15 is 0 Å². The molecule has 2 aromatic carbocycles. The molecule has 0 radical (unpaired) electrons. The highest BCUT2D eigenvalue weighted by Gasteiger charge is 2.18. The van der Waals surface area contributed by atoms with E-state index in [9.17, 15) is 0 Å². The van der Waals surface area contributed by atoms with Crippen molar-refractivity contribution in [3.05, 3.63) is 69.7 Å². The van der Waals surface area contributed by atoms with Crippen LogP contribution in [0.2, 0.25) is 0 Å². The Balaban J connectivity index is 1.70. The molecule has 0 heterocycles. The summed E-state index contributed by atoms with van der Waals surface area (Å²) in [6, 6.07) is 16.4. The minimum Gasteiger partial charge on any atom is -0.391 e. The first-order valence-corrected chi connectivity index (χ1v) is 7.14. The zero-order valence-corrected chi connectivity index (χ0v) is 12.1. The number of nitrogens with zero attached hydrogens (tertiary/aromatic N) is 1. The number of rotatable bonds is 3. The van der Waals surface area contributed by atoms with E-state index in [1.54, 1.807) is 0 Å². The minimum absolute atomic E-state index is 0.524. The maximum atomic E-state index is 5.47. The molecule has 0 amide bonds. The molecule has 19 heavy (non-hydrogen) atoms. The van der Waals surface area contributed by atoms with Gasteiger partial charge in [0.15, 0.2) is 0 Å². The van der Waals surface area contributed by atoms with Crippen molar-refractivity contribution in [3.8, 4) is 0 Å². The second kappa shape index (κ2) is 5.57. The molecule has 2 aromatic rings. The molecule has 0 fully saturated rings. The van der Waals surface area contributed by atoms with Gasteiger partial charge in [0.2, 0.25) is 0 Å². The van der Waals surface area contributed by atoms with Crippen molar-refractivity contribution in [2.45, 2.75) is 19.4 Å². The lowest BCUT2D eigenvalue weighted by Gasteiger charge is -2.02. The lowest BCUT2D eigenvalue weighted by Crippen LogP contribution is -1.96. The van der Waals surface area contributed by atoms with E-state index in [0.29, 0.717) is 6.61 Å². The molecule has 0 atom stereocenters. The van der Waals surface area contributed by atoms with Crippen LogP contribution in [0, 0.1) is 0 Å². The predicted molar refractivity (Wildman–Crippen MR) is 80.2 cm³/mol. The fourth-order valence-electron chi connectivity index (χ4n) is 2.29. The van der Waals surface area contributed by atoms with E-state index < -0.39 is 0 Å². The molecule has 0 N–H and O–H groups in total. The zero-order chi connectivity index (χ0) is 13.1. The highest BCUT2D eigenvalue weighted by molar-refractivity contribution is 9.10. The van der Waals surface area contributed by atoms with Gasteiger partial charge < -0.3 is 4.84 Å². The quantitative estimate of drug-likeness (QED) is 0.773. The first kappa shape index (κ1) is 12.4. The molecule has 3 rings (SSSR count). The normalized spacial score (nSPS) is 15.5. The first-order chi connectivity index (χ1) is 9.33. The van der Waals surface area contributed by atoms with Gasteiger partial charge in [-0.05, 0) is 36.1 Å². The van der Waals surface area contributed by atoms with Gasteiger partial charge in [-0.1, -0.05) is 57.5 Å². The van der Waals surface area contributed by atoms with E-state index in [1.165, 1.54) is 11.1 Å². The average Bonchev–Trinajstić information content (AvgIpc) is 2.82. The Hall–Kier alpha value is -1.61. The molecule has 0 spiro atoms. The summed E-state index contributed by atoms with van der Waals surface area (Å²) in [4.78, 5) is 5.47. The number of benzene rings is 2. The van der Waals surface area contributed by atoms with E-state index in [1.807, 2.05) is 30.3 Å². The summed E-state index contributed by atoms with van der Waals surface area (Å²) >= 11 is 3.50. The van der Waals surface area contributed by atoms with E-state index in [2.05, 4.69) is 39.3 Å². The zero-order valence-electron chi connectivity index (χ0n) is 10.5. The minimum atomic E-state index is 0.524. The monoisotopic (exact) mass is 315 g/mol. The second-order valence-electron chi connectivity index (χ2n) is 4.60. The van der Waals surface area contributed by atoms with Gasteiger partial charge in [-0.2, -0.15) is 0 Å². The van der Waals surface area contributed by atoms with Gasteiger partial charge in [0, 0.05) is 10.0 Å². The number of hydrogen-bond acceptors (Lipinski definition) is 2. The second-order valence-corrected chi connectivity index (χ2v) is 5.51. The van der Waals surface area contributed by atoms with E-state index in [0.717, 1.165) is 28.6 Å². The number of hydrogen-bond donors (Lipinski definition) is 0. The molecule has 0 unspecified atom stereocenters. The van der Waals surface area contributed by atoms with Crippen LogP contribution in [0.5, 0.6) is 0 Å². The van der Waals surface area contributed by atoms with Crippen LogP contribution >= 0.6 is 15.9 Å². The highest BCUT2D eigenvalue weighted by Crippen LogP contribution is 2.26. The smallest absolute Gasteiger partial charge is 0.142 e. The van der Waals surface area contributed by atoms with Gasteiger partial charge in [-0.15, -0.1) is 0 Å². The number of halogens is 1. The Labute approximate surface area is 121 Å². The summed E-state index contributed by atoms with van der Waals surface area (Å²) in [5, 5.41) is 4.29. The van der Waals surface area contributed by atoms with Gasteiger partial charge in [-0.3, -0.25) is 0 Å². The Kier molecular flexibility index (Phi) is 3.65. The lowest BCUT2D eigenvalue weighted by atomic mass is 10.1. The number of fused-ring (bicyclic) bond motifs is 1. The Morgan fingerprint density at radius 2 is 1.89 bits per heavy atom. The van der Waals surface area contributed by atoms with Crippen molar-refractivity contribution in [1.29, 1.82) is 0 Å². The van der Waals surface area contributed by atoms with E-state index in [4.69, 9.17) is 4.84 Å². The Bertz CT molecular complexity index is 607. The fourth-order valence-corrected chi connectivity index (χ4v) is 2.70. The van der Waals surface area contributed by atoms with Gasteiger partial charge in [0.1, 0.15) is 6.61 Å². The number of oxime groups is 1. The summed E-state index contributed by atoms with van der Waals surface area (Å²) in [7, 11) is 0. The molecule has 0 saturated carbocycles. The maximum absolute atomic E-state index is 5.47. The Morgan fingerprint density at radius 3 is 2.74 bits per heavy atom. The lowest BCUT2D eigenvalue weighted by molar-refractivity contribution is 0.130. The van der Waals surface area contributed by atoms with Crippen LogP contribution < -0.4 is 0 Å². The third-order valence-electron chi connectivity index (χ3n) is 3.26. The van der Waals surface area contributed by atoms with E-state index in [-0.39, 0.29) is 0 Å². The van der Waals surface area contributed by atoms with Crippen LogP contribution in [-0.2, 0) is 17.9 Å². The summed E-state index contributed by atoms with van der Waals surface area (Å²) in [5.41, 5.74) is 4.76. The van der Waals surface area contributed by atoms with Crippen molar-refractivity contribution in [1.82, 2.24) is 0 Å². The van der Waals surface area contributed by atoms with Gasteiger partial charge in [-0.25, -0.2) is 0 Å². The van der Waals surface area contributed by atoms with Crippen LogP contribution in [0.25, 0.3) is 0 Å². The largest absolute Gasteiger partial charge is 0.391 e. The fraction of sp³-hybridized carbons (Fsp3) is 0.188. The highest BCUT2D eigenvalue weighted by atomic mass is 79.9. The Morgan fingerprint density at radius 1 is 1.05 bits per heavy atom. The summed E-state index contributed by atoms with van der Waals surface area (Å²) < 4.78 is 1.12. The molecule has 0 aromatic heterocycles. The summed E-state index contributed by atoms with van der Waals surface area (Å²) in [6.45, 7) is 0.524. The van der Waals surface area contributed by atoms with Crippen LogP contribution in [0.3, 0.4) is 0 Å². The third kappa shape index (κ3) is 2.87. The van der Waals surface area contributed by atoms with Crippen molar-refractivity contribution < 1.29 is 4.84 Å². The number of aryl methyl sites for hydroxylation is 1. The molecule has 0 aliphatic heterocycles. The summed E-state index contributed by atoms with van der Waals surface area (Å²) in [6.07, 6.45) is 2.00. The molecule has 3 heteroatoms. The molecule has 2 nitrogen and oxygen atoms in total.